The first-order valence-corrected chi connectivity index (χ1v) is 7.14. The lowest BCUT2D eigenvalue weighted by atomic mass is 9.61. The number of nitrogens with one attached hydrogen (secondary N) is 1. The molecule has 0 saturated heterocycles. The fraction of sp³-hybridized carbons (Fsp3) is 0.600. The maximum absolute atomic E-state index is 11.0. The number of ether oxygens (including phenoxy) is 1. The molecule has 1 saturated carbocycles. The highest BCUT2D eigenvalue weighted by molar-refractivity contribution is 5.62. The molecule has 1 N–H and O–H groups in total. The molecule has 3 atom stereocenters. The largest absolute Gasteiger partial charge is 0.378 e. The van der Waals surface area contributed by atoms with Gasteiger partial charge in [-0.1, -0.05) is 26.0 Å². The van der Waals surface area contributed by atoms with Crippen molar-refractivity contribution in [3.8, 4) is 0 Å². The first kappa shape index (κ1) is 14.8. The van der Waals surface area contributed by atoms with Gasteiger partial charge >= 0.3 is 0 Å². The molecule has 1 aromatic carbocycles. The summed E-state index contributed by atoms with van der Waals surface area (Å²) in [5, 5.41) is 14.4. The van der Waals surface area contributed by atoms with Gasteiger partial charge in [-0.25, -0.2) is 0 Å². The maximum atomic E-state index is 11.0. The lowest BCUT2D eigenvalue weighted by molar-refractivity contribution is -0.384. The molecular weight excluding hydrogens is 256 g/mol. The van der Waals surface area contributed by atoms with E-state index in [0.29, 0.717) is 12.3 Å². The average molecular weight is 278 g/mol. The van der Waals surface area contributed by atoms with Crippen LogP contribution in [0.1, 0.15) is 33.6 Å². The summed E-state index contributed by atoms with van der Waals surface area (Å²) < 4.78 is 5.76. The first-order valence-electron chi connectivity index (χ1n) is 7.14. The molecule has 1 fully saturated rings. The Labute approximate surface area is 119 Å². The Hall–Kier alpha value is -1.62. The molecule has 0 bridgehead atoms. The van der Waals surface area contributed by atoms with Crippen molar-refractivity contribution in [2.45, 2.75) is 45.8 Å². The van der Waals surface area contributed by atoms with Crippen molar-refractivity contribution in [1.82, 2.24) is 0 Å². The van der Waals surface area contributed by atoms with Crippen molar-refractivity contribution in [3.63, 3.8) is 0 Å². The molecule has 0 radical (unpaired) electrons. The number of nitro benzene ring substituents is 1. The van der Waals surface area contributed by atoms with E-state index in [1.165, 1.54) is 6.07 Å². The van der Waals surface area contributed by atoms with Crippen LogP contribution in [0.5, 0.6) is 0 Å². The van der Waals surface area contributed by atoms with Crippen molar-refractivity contribution < 1.29 is 9.66 Å². The Kier molecular flexibility index (Phi) is 4.28. The quantitative estimate of drug-likeness (QED) is 0.638. The summed E-state index contributed by atoms with van der Waals surface area (Å²) in [6.45, 7) is 7.03. The van der Waals surface area contributed by atoms with Crippen molar-refractivity contribution in [3.05, 3.63) is 34.4 Å². The van der Waals surface area contributed by atoms with Crippen LogP contribution in [0.2, 0.25) is 0 Å². The molecule has 3 unspecified atom stereocenters. The first-order chi connectivity index (χ1) is 9.52. The van der Waals surface area contributed by atoms with Crippen LogP contribution < -0.4 is 5.32 Å². The molecule has 5 heteroatoms. The number of benzene rings is 1. The topological polar surface area (TPSA) is 64.4 Å². The van der Waals surface area contributed by atoms with Gasteiger partial charge in [-0.3, -0.25) is 10.1 Å². The minimum Gasteiger partial charge on any atom is -0.378 e. The zero-order valence-corrected chi connectivity index (χ0v) is 12.3. The summed E-state index contributed by atoms with van der Waals surface area (Å²) in [6, 6.07) is 7.01. The maximum Gasteiger partial charge on any atom is 0.292 e. The molecule has 0 heterocycles. The molecule has 0 spiro atoms. The summed E-state index contributed by atoms with van der Waals surface area (Å²) in [6.07, 6.45) is 2.11. The third kappa shape index (κ3) is 2.50. The number of rotatable bonds is 6. The smallest absolute Gasteiger partial charge is 0.292 e. The van der Waals surface area contributed by atoms with Crippen molar-refractivity contribution in [2.24, 2.45) is 5.41 Å². The Morgan fingerprint density at radius 1 is 1.45 bits per heavy atom. The van der Waals surface area contributed by atoms with Crippen LogP contribution in [0.25, 0.3) is 0 Å². The van der Waals surface area contributed by atoms with Crippen LogP contribution in [0.4, 0.5) is 11.4 Å². The van der Waals surface area contributed by atoms with Crippen LogP contribution in [-0.2, 0) is 4.74 Å². The molecule has 110 valence electrons. The molecule has 0 aliphatic heterocycles. The second kappa shape index (κ2) is 5.79. The highest BCUT2D eigenvalue weighted by Crippen LogP contribution is 2.47. The summed E-state index contributed by atoms with van der Waals surface area (Å²) in [5.74, 6) is 0. The summed E-state index contributed by atoms with van der Waals surface area (Å²) >= 11 is 0. The predicted octanol–water partition coefficient (Wildman–Crippen LogP) is 3.60. The SMILES string of the molecule is CCOC1CC(Nc2ccccc2[N+](=O)[O-])C1(C)CC. The number of hydrogen-bond donors (Lipinski definition) is 1. The van der Waals surface area contributed by atoms with Gasteiger partial charge < -0.3 is 10.1 Å². The molecule has 1 aromatic rings. The van der Waals surface area contributed by atoms with Gasteiger partial charge in [-0.2, -0.15) is 0 Å². The van der Waals surface area contributed by atoms with Crippen LogP contribution in [0.15, 0.2) is 24.3 Å². The van der Waals surface area contributed by atoms with Gasteiger partial charge in [0.25, 0.3) is 5.69 Å². The van der Waals surface area contributed by atoms with E-state index in [1.807, 2.05) is 13.0 Å². The van der Waals surface area contributed by atoms with Crippen LogP contribution in [0, 0.1) is 15.5 Å². The molecule has 1 aliphatic carbocycles. The number of para-hydroxylation sites is 2. The Bertz CT molecular complexity index is 492. The number of nitro groups is 1. The highest BCUT2D eigenvalue weighted by atomic mass is 16.6. The van der Waals surface area contributed by atoms with Crippen molar-refractivity contribution >= 4 is 11.4 Å². The van der Waals surface area contributed by atoms with Gasteiger partial charge in [-0.15, -0.1) is 0 Å². The molecule has 5 nitrogen and oxygen atoms in total. The lowest BCUT2D eigenvalue weighted by Gasteiger charge is -2.53. The summed E-state index contributed by atoms with van der Waals surface area (Å²) in [5.41, 5.74) is 0.752. The van der Waals surface area contributed by atoms with Gasteiger partial charge in [0.1, 0.15) is 5.69 Å². The van der Waals surface area contributed by atoms with Crippen molar-refractivity contribution in [2.75, 3.05) is 11.9 Å². The molecule has 2 rings (SSSR count). The standard InChI is InChI=1S/C15H22N2O3/c1-4-15(3)13(10-14(15)20-5-2)16-11-8-6-7-9-12(11)17(18)19/h6-9,13-14,16H,4-5,10H2,1-3H3. The fourth-order valence-electron chi connectivity index (χ4n) is 2.92. The van der Waals surface area contributed by atoms with E-state index < -0.39 is 0 Å². The highest BCUT2D eigenvalue weighted by Gasteiger charge is 2.51. The third-order valence-corrected chi connectivity index (χ3v) is 4.54. The lowest BCUT2D eigenvalue weighted by Crippen LogP contribution is -2.59. The summed E-state index contributed by atoms with van der Waals surface area (Å²) in [7, 11) is 0. The van der Waals surface area contributed by atoms with E-state index in [4.69, 9.17) is 4.74 Å². The minimum absolute atomic E-state index is 0.0275. The molecule has 0 amide bonds. The second-order valence-corrected chi connectivity index (χ2v) is 5.51. The van der Waals surface area contributed by atoms with Gasteiger partial charge in [0.15, 0.2) is 0 Å². The van der Waals surface area contributed by atoms with Gasteiger partial charge in [0.05, 0.1) is 11.0 Å². The van der Waals surface area contributed by atoms with Crippen LogP contribution >= 0.6 is 0 Å². The normalized spacial score (nSPS) is 28.8. The van der Waals surface area contributed by atoms with E-state index in [-0.39, 0.29) is 28.2 Å². The van der Waals surface area contributed by atoms with E-state index in [0.717, 1.165) is 12.8 Å². The number of hydrogen-bond acceptors (Lipinski definition) is 4. The number of anilines is 1. The zero-order chi connectivity index (χ0) is 14.8. The monoisotopic (exact) mass is 278 g/mol. The Morgan fingerprint density at radius 3 is 2.75 bits per heavy atom. The van der Waals surface area contributed by atoms with Gasteiger partial charge in [-0.05, 0) is 25.8 Å². The molecule has 20 heavy (non-hydrogen) atoms. The molecule has 0 aromatic heterocycles. The third-order valence-electron chi connectivity index (χ3n) is 4.54. The van der Waals surface area contributed by atoms with E-state index in [1.54, 1.807) is 12.1 Å². The summed E-state index contributed by atoms with van der Waals surface area (Å²) in [4.78, 5) is 10.7. The van der Waals surface area contributed by atoms with E-state index in [2.05, 4.69) is 19.2 Å². The van der Waals surface area contributed by atoms with E-state index in [9.17, 15) is 10.1 Å². The Morgan fingerprint density at radius 2 is 2.15 bits per heavy atom. The average Bonchev–Trinajstić information content (AvgIpc) is 2.45. The second-order valence-electron chi connectivity index (χ2n) is 5.51. The van der Waals surface area contributed by atoms with Crippen LogP contribution in [-0.4, -0.2) is 23.7 Å². The zero-order valence-electron chi connectivity index (χ0n) is 12.3. The Balaban J connectivity index is 2.14. The van der Waals surface area contributed by atoms with E-state index >= 15 is 0 Å². The number of nitrogens with zero attached hydrogens (tertiary/aromatic N) is 1. The minimum atomic E-state index is -0.343. The van der Waals surface area contributed by atoms with Gasteiger partial charge in [0, 0.05) is 24.1 Å². The molecular formula is C15H22N2O3. The molecule has 1 aliphatic rings. The van der Waals surface area contributed by atoms with Crippen LogP contribution in [0.3, 0.4) is 0 Å². The fourth-order valence-corrected chi connectivity index (χ4v) is 2.92. The predicted molar refractivity (Wildman–Crippen MR) is 78.9 cm³/mol. The van der Waals surface area contributed by atoms with Crippen molar-refractivity contribution in [1.29, 1.82) is 0 Å². The van der Waals surface area contributed by atoms with Gasteiger partial charge in [0.2, 0.25) is 0 Å².